The molecule has 0 saturated heterocycles. The summed E-state index contributed by atoms with van der Waals surface area (Å²) in [7, 11) is 0. The van der Waals surface area contributed by atoms with Gasteiger partial charge in [-0.1, -0.05) is 19.8 Å². The van der Waals surface area contributed by atoms with Crippen LogP contribution in [-0.4, -0.2) is 17.6 Å². The number of anilines is 1. The lowest BCUT2D eigenvalue weighted by molar-refractivity contribution is 0.618. The second-order valence-electron chi connectivity index (χ2n) is 5.11. The lowest BCUT2D eigenvalue weighted by atomic mass is 10.1. The van der Waals surface area contributed by atoms with Gasteiger partial charge in [-0.25, -0.2) is 4.98 Å². The summed E-state index contributed by atoms with van der Waals surface area (Å²) in [5.74, 6) is 1.64. The number of pyridine rings is 1. The lowest BCUT2D eigenvalue weighted by Gasteiger charge is -2.29. The smallest absolute Gasteiger partial charge is 0.131 e. The molecule has 1 heterocycles. The molecule has 0 aliphatic heterocycles. The highest BCUT2D eigenvalue weighted by Crippen LogP contribution is 2.21. The summed E-state index contributed by atoms with van der Waals surface area (Å²) in [4.78, 5) is 6.98. The summed E-state index contributed by atoms with van der Waals surface area (Å²) < 4.78 is 0. The largest absolute Gasteiger partial charge is 0.354 e. The van der Waals surface area contributed by atoms with Crippen molar-refractivity contribution in [3.8, 4) is 0 Å². The van der Waals surface area contributed by atoms with Crippen molar-refractivity contribution in [3.05, 3.63) is 23.4 Å². The zero-order valence-corrected chi connectivity index (χ0v) is 12.8. The van der Waals surface area contributed by atoms with E-state index in [1.165, 1.54) is 24.8 Å². The third-order valence-electron chi connectivity index (χ3n) is 3.16. The third kappa shape index (κ3) is 4.16. The highest BCUT2D eigenvalue weighted by Gasteiger charge is 2.14. The van der Waals surface area contributed by atoms with Gasteiger partial charge in [0.1, 0.15) is 5.82 Å². The average molecular weight is 269 g/mol. The molecule has 0 unspecified atom stereocenters. The van der Waals surface area contributed by atoms with Crippen molar-refractivity contribution in [3.63, 3.8) is 0 Å². The number of halogens is 1. The van der Waals surface area contributed by atoms with Gasteiger partial charge >= 0.3 is 0 Å². The van der Waals surface area contributed by atoms with Crippen LogP contribution in [0.4, 0.5) is 5.82 Å². The van der Waals surface area contributed by atoms with Gasteiger partial charge in [0.2, 0.25) is 0 Å². The molecular formula is C15H25ClN2. The second kappa shape index (κ2) is 7.63. The predicted molar refractivity (Wildman–Crippen MR) is 80.5 cm³/mol. The fourth-order valence-corrected chi connectivity index (χ4v) is 2.29. The molecule has 0 radical (unpaired) electrons. The van der Waals surface area contributed by atoms with Crippen molar-refractivity contribution in [2.75, 3.05) is 11.4 Å². The van der Waals surface area contributed by atoms with E-state index in [-0.39, 0.29) is 0 Å². The number of rotatable bonds is 7. The third-order valence-corrected chi connectivity index (χ3v) is 3.47. The van der Waals surface area contributed by atoms with Gasteiger partial charge in [-0.15, -0.1) is 11.6 Å². The van der Waals surface area contributed by atoms with Gasteiger partial charge in [-0.05, 0) is 44.4 Å². The number of alkyl halides is 1. The van der Waals surface area contributed by atoms with Crippen molar-refractivity contribution in [2.24, 2.45) is 0 Å². The number of hydrogen-bond acceptors (Lipinski definition) is 2. The lowest BCUT2D eigenvalue weighted by Crippen LogP contribution is -2.33. The Bertz CT molecular complexity index is 364. The van der Waals surface area contributed by atoms with E-state index in [2.05, 4.69) is 43.6 Å². The van der Waals surface area contributed by atoms with Crippen LogP contribution in [-0.2, 0) is 5.88 Å². The van der Waals surface area contributed by atoms with Gasteiger partial charge in [-0.2, -0.15) is 0 Å². The predicted octanol–water partition coefficient (Wildman–Crippen LogP) is 4.53. The molecule has 0 aromatic carbocycles. The van der Waals surface area contributed by atoms with Gasteiger partial charge in [0, 0.05) is 24.7 Å². The van der Waals surface area contributed by atoms with E-state index in [0.717, 1.165) is 17.9 Å². The first-order valence-electron chi connectivity index (χ1n) is 6.88. The Balaban J connectivity index is 2.84. The minimum absolute atomic E-state index is 0.481. The molecule has 1 rings (SSSR count). The highest BCUT2D eigenvalue weighted by molar-refractivity contribution is 6.17. The van der Waals surface area contributed by atoms with Gasteiger partial charge in [-0.3, -0.25) is 0 Å². The van der Waals surface area contributed by atoms with Gasteiger partial charge in [0.25, 0.3) is 0 Å². The summed E-state index contributed by atoms with van der Waals surface area (Å²) in [6.45, 7) is 9.89. The molecule has 0 fully saturated rings. The van der Waals surface area contributed by atoms with Gasteiger partial charge < -0.3 is 4.90 Å². The van der Waals surface area contributed by atoms with Crippen LogP contribution in [0.15, 0.2) is 12.3 Å². The van der Waals surface area contributed by atoms with E-state index < -0.39 is 0 Å². The number of aromatic nitrogens is 1. The normalized spacial score (nSPS) is 11.0. The minimum atomic E-state index is 0.481. The molecule has 102 valence electrons. The molecule has 1 aromatic heterocycles. The van der Waals surface area contributed by atoms with Crippen molar-refractivity contribution in [1.29, 1.82) is 0 Å². The van der Waals surface area contributed by atoms with Crippen LogP contribution in [0, 0.1) is 6.92 Å². The Kier molecular flexibility index (Phi) is 6.48. The second-order valence-corrected chi connectivity index (χ2v) is 5.38. The first kappa shape index (κ1) is 15.3. The standard InChI is InChI=1S/C15H25ClN2/c1-5-6-7-8-18(12(2)3)15-13(4)9-14(10-16)11-17-15/h9,11-12H,5-8,10H2,1-4H3. The van der Waals surface area contributed by atoms with Crippen LogP contribution in [0.1, 0.15) is 51.2 Å². The van der Waals surface area contributed by atoms with Crippen LogP contribution in [0.25, 0.3) is 0 Å². The monoisotopic (exact) mass is 268 g/mol. The summed E-state index contributed by atoms with van der Waals surface area (Å²) in [5.41, 5.74) is 2.31. The molecule has 0 bridgehead atoms. The molecule has 0 N–H and O–H groups in total. The number of unbranched alkanes of at least 4 members (excludes halogenated alkanes) is 2. The van der Waals surface area contributed by atoms with E-state index in [0.29, 0.717) is 11.9 Å². The minimum Gasteiger partial charge on any atom is -0.354 e. The highest BCUT2D eigenvalue weighted by atomic mass is 35.5. The molecule has 1 aromatic rings. The summed E-state index contributed by atoms with van der Waals surface area (Å²) in [6.07, 6.45) is 5.66. The van der Waals surface area contributed by atoms with Gasteiger partial charge in [0.15, 0.2) is 0 Å². The van der Waals surface area contributed by atoms with Crippen molar-refractivity contribution < 1.29 is 0 Å². The number of aryl methyl sites for hydroxylation is 1. The maximum atomic E-state index is 5.84. The zero-order chi connectivity index (χ0) is 13.5. The Labute approximate surface area is 116 Å². The quantitative estimate of drug-likeness (QED) is 0.533. The molecule has 3 heteroatoms. The van der Waals surface area contributed by atoms with E-state index in [9.17, 15) is 0 Å². The van der Waals surface area contributed by atoms with E-state index in [4.69, 9.17) is 11.6 Å². The van der Waals surface area contributed by atoms with Crippen LogP contribution >= 0.6 is 11.6 Å². The molecule has 0 aliphatic carbocycles. The van der Waals surface area contributed by atoms with E-state index in [1.807, 2.05) is 6.20 Å². The fraction of sp³-hybridized carbons (Fsp3) is 0.667. The molecule has 0 saturated carbocycles. The topological polar surface area (TPSA) is 16.1 Å². The van der Waals surface area contributed by atoms with Crippen molar-refractivity contribution in [2.45, 2.75) is 58.9 Å². The van der Waals surface area contributed by atoms with E-state index in [1.54, 1.807) is 0 Å². The van der Waals surface area contributed by atoms with E-state index >= 15 is 0 Å². The SMILES string of the molecule is CCCCCN(c1ncc(CCl)cc1C)C(C)C. The Morgan fingerprint density at radius 1 is 1.33 bits per heavy atom. The molecule has 0 atom stereocenters. The maximum absolute atomic E-state index is 5.84. The maximum Gasteiger partial charge on any atom is 0.131 e. The van der Waals surface area contributed by atoms with Crippen LogP contribution in [0.3, 0.4) is 0 Å². The van der Waals surface area contributed by atoms with Crippen LogP contribution in [0.2, 0.25) is 0 Å². The Hall–Kier alpha value is -0.760. The van der Waals surface area contributed by atoms with Crippen LogP contribution in [0.5, 0.6) is 0 Å². The Morgan fingerprint density at radius 2 is 2.06 bits per heavy atom. The zero-order valence-electron chi connectivity index (χ0n) is 12.0. The summed E-state index contributed by atoms with van der Waals surface area (Å²) in [6, 6.07) is 2.62. The molecule has 18 heavy (non-hydrogen) atoms. The Morgan fingerprint density at radius 3 is 2.56 bits per heavy atom. The molecule has 0 amide bonds. The molecule has 0 spiro atoms. The summed E-state index contributed by atoms with van der Waals surface area (Å²) >= 11 is 5.84. The summed E-state index contributed by atoms with van der Waals surface area (Å²) in [5, 5.41) is 0. The van der Waals surface area contributed by atoms with Gasteiger partial charge in [0.05, 0.1) is 0 Å². The van der Waals surface area contributed by atoms with Crippen LogP contribution < -0.4 is 4.90 Å². The van der Waals surface area contributed by atoms with Crippen molar-refractivity contribution >= 4 is 17.4 Å². The first-order valence-corrected chi connectivity index (χ1v) is 7.41. The first-order chi connectivity index (χ1) is 8.60. The average Bonchev–Trinajstić information content (AvgIpc) is 2.35. The number of hydrogen-bond donors (Lipinski definition) is 0. The molecular weight excluding hydrogens is 244 g/mol. The number of nitrogens with zero attached hydrogens (tertiary/aromatic N) is 2. The molecule has 2 nitrogen and oxygen atoms in total. The fourth-order valence-electron chi connectivity index (χ4n) is 2.14. The molecule has 0 aliphatic rings. The van der Waals surface area contributed by atoms with Crippen molar-refractivity contribution in [1.82, 2.24) is 4.98 Å².